The van der Waals surface area contributed by atoms with Gasteiger partial charge < -0.3 is 24.9 Å². The smallest absolute Gasteiger partial charge is 0.165 e. The molecule has 1 aliphatic rings. The number of nitrogens with two attached hydrogens (primary N) is 1. The molecule has 2 heterocycles. The van der Waals surface area contributed by atoms with Crippen LogP contribution in [-0.2, 0) is 10.3 Å². The molecule has 208 valence electrons. The normalized spacial score (nSPS) is 19.6. The van der Waals surface area contributed by atoms with Gasteiger partial charge in [0.05, 0.1) is 32.2 Å². The Hall–Kier alpha value is -4.53. The van der Waals surface area contributed by atoms with E-state index in [9.17, 15) is 5.11 Å². The second-order valence-corrected chi connectivity index (χ2v) is 10.4. The van der Waals surface area contributed by atoms with Crippen molar-refractivity contribution in [2.75, 3.05) is 19.5 Å². The minimum Gasteiger partial charge on any atom is -0.497 e. The molecule has 1 fully saturated rings. The van der Waals surface area contributed by atoms with Crippen LogP contribution in [0.4, 0.5) is 5.82 Å². The summed E-state index contributed by atoms with van der Waals surface area (Å²) >= 11 is 0. The van der Waals surface area contributed by atoms with Gasteiger partial charge in [-0.2, -0.15) is 0 Å². The van der Waals surface area contributed by atoms with E-state index in [4.69, 9.17) is 15.2 Å². The van der Waals surface area contributed by atoms with E-state index in [2.05, 4.69) is 64.9 Å². The second kappa shape index (κ2) is 10.8. The van der Waals surface area contributed by atoms with Crippen LogP contribution in [-0.4, -0.2) is 44.4 Å². The number of fused-ring (bicyclic) bond motifs is 1. The van der Waals surface area contributed by atoms with E-state index < -0.39 is 5.60 Å². The topological polar surface area (TPSA) is 108 Å². The molecule has 1 unspecified atom stereocenters. The zero-order valence-electron chi connectivity index (χ0n) is 23.1. The zero-order chi connectivity index (χ0) is 28.6. The third-order valence-corrected chi connectivity index (χ3v) is 8.33. The van der Waals surface area contributed by atoms with Gasteiger partial charge in [0.1, 0.15) is 23.2 Å². The van der Waals surface area contributed by atoms with Gasteiger partial charge in [-0.05, 0) is 41.3 Å². The monoisotopic (exact) mass is 547 g/mol. The molecule has 1 aliphatic carbocycles. The summed E-state index contributed by atoms with van der Waals surface area (Å²) in [5, 5.41) is 10.5. The highest BCUT2D eigenvalue weighted by Gasteiger charge is 2.51. The van der Waals surface area contributed by atoms with Crippen molar-refractivity contribution < 1.29 is 14.6 Å². The van der Waals surface area contributed by atoms with Crippen LogP contribution >= 0.6 is 0 Å². The Morgan fingerprint density at radius 1 is 0.927 bits per heavy atom. The maximum absolute atomic E-state index is 10.5. The van der Waals surface area contributed by atoms with Gasteiger partial charge in [-0.1, -0.05) is 79.4 Å². The van der Waals surface area contributed by atoms with Crippen molar-refractivity contribution in [2.45, 2.75) is 24.7 Å². The molecule has 8 nitrogen and oxygen atoms in total. The quantitative estimate of drug-likeness (QED) is 0.194. The molecule has 0 bridgehead atoms. The summed E-state index contributed by atoms with van der Waals surface area (Å²) in [4.78, 5) is 13.0. The number of anilines is 1. The van der Waals surface area contributed by atoms with Gasteiger partial charge >= 0.3 is 0 Å². The zero-order valence-corrected chi connectivity index (χ0v) is 23.1. The summed E-state index contributed by atoms with van der Waals surface area (Å²) in [6.07, 6.45) is 2.83. The Morgan fingerprint density at radius 3 is 2.12 bits per heavy atom. The molecule has 1 saturated carbocycles. The molecule has 41 heavy (non-hydrogen) atoms. The van der Waals surface area contributed by atoms with Crippen molar-refractivity contribution in [3.8, 4) is 5.75 Å². The summed E-state index contributed by atoms with van der Waals surface area (Å²) in [7, 11) is 1.66. The third kappa shape index (κ3) is 4.36. The summed E-state index contributed by atoms with van der Waals surface area (Å²) in [6.45, 7) is 6.38. The van der Waals surface area contributed by atoms with Crippen molar-refractivity contribution in [2.24, 2.45) is 11.8 Å². The van der Waals surface area contributed by atoms with Crippen LogP contribution in [0.25, 0.3) is 11.2 Å². The second-order valence-electron chi connectivity index (χ2n) is 10.4. The number of nitrogen functional groups attached to an aromatic ring is 1. The van der Waals surface area contributed by atoms with Crippen LogP contribution in [0.5, 0.6) is 5.75 Å². The Kier molecular flexibility index (Phi) is 7.03. The number of benzene rings is 3. The number of ether oxygens (including phenoxy) is 2. The molecule has 6 rings (SSSR count). The lowest BCUT2D eigenvalue weighted by Gasteiger charge is -2.51. The number of imidazole rings is 1. The first kappa shape index (κ1) is 26.7. The molecular formula is C33H33N5O3. The first-order chi connectivity index (χ1) is 20.0. The van der Waals surface area contributed by atoms with E-state index in [1.54, 1.807) is 13.4 Å². The summed E-state index contributed by atoms with van der Waals surface area (Å²) < 4.78 is 14.8. The van der Waals surface area contributed by atoms with E-state index in [0.29, 0.717) is 17.0 Å². The Bertz CT molecular complexity index is 1610. The molecule has 3 aromatic carbocycles. The summed E-state index contributed by atoms with van der Waals surface area (Å²) in [5.74, 6) is 0.809. The fraction of sp³-hybridized carbons (Fsp3) is 0.242. The predicted molar refractivity (Wildman–Crippen MR) is 158 cm³/mol. The SMILES string of the molecule is C=C1[C@@H](n2cnc3c(N)ncnc32)[C@H](C(C)OC(c2ccccc2)(c2ccccc2)c2ccc(OC)cc2)[C@H]1CO. The number of methoxy groups -OCH3 is 1. The maximum atomic E-state index is 10.5. The molecule has 4 atom stereocenters. The lowest BCUT2D eigenvalue weighted by Crippen LogP contribution is -2.51. The van der Waals surface area contributed by atoms with Gasteiger partial charge in [-0.25, -0.2) is 15.0 Å². The van der Waals surface area contributed by atoms with Gasteiger partial charge in [-0.3, -0.25) is 0 Å². The van der Waals surface area contributed by atoms with Gasteiger partial charge in [0, 0.05) is 11.8 Å². The number of hydrogen-bond donors (Lipinski definition) is 2. The van der Waals surface area contributed by atoms with E-state index in [1.165, 1.54) is 6.33 Å². The fourth-order valence-corrected chi connectivity index (χ4v) is 6.31. The van der Waals surface area contributed by atoms with E-state index >= 15 is 0 Å². The summed E-state index contributed by atoms with van der Waals surface area (Å²) in [6, 6.07) is 28.3. The predicted octanol–water partition coefficient (Wildman–Crippen LogP) is 5.15. The molecule has 2 aromatic heterocycles. The molecule has 0 radical (unpaired) electrons. The number of aromatic nitrogens is 4. The van der Waals surface area contributed by atoms with Crippen molar-refractivity contribution in [3.05, 3.63) is 126 Å². The standard InChI is InChI=1S/C33H33N5O3/c1-21-27(18-39)28(30(21)38-20-37-29-31(34)35-19-36-32(29)38)22(2)41-33(23-10-6-4-7-11-23,24-12-8-5-9-13-24)25-14-16-26(40-3)17-15-25/h4-17,19-20,22,27-28,30,39H,1,18H2,2-3H3,(H2,34,35,36)/t22?,27-,28+,30+/m0/s1. The lowest BCUT2D eigenvalue weighted by atomic mass is 9.63. The highest BCUT2D eigenvalue weighted by Crippen LogP contribution is 2.53. The highest BCUT2D eigenvalue weighted by atomic mass is 16.5. The van der Waals surface area contributed by atoms with Crippen molar-refractivity contribution in [1.29, 1.82) is 0 Å². The Morgan fingerprint density at radius 2 is 1.54 bits per heavy atom. The third-order valence-electron chi connectivity index (χ3n) is 8.33. The molecule has 0 saturated heterocycles. The molecule has 0 aliphatic heterocycles. The van der Waals surface area contributed by atoms with Crippen LogP contribution in [0.1, 0.15) is 29.7 Å². The van der Waals surface area contributed by atoms with Gasteiger partial charge in [0.25, 0.3) is 0 Å². The first-order valence-electron chi connectivity index (χ1n) is 13.7. The van der Waals surface area contributed by atoms with Crippen LogP contribution < -0.4 is 10.5 Å². The van der Waals surface area contributed by atoms with E-state index in [1.807, 2.05) is 53.1 Å². The lowest BCUT2D eigenvalue weighted by molar-refractivity contribution is -0.104. The van der Waals surface area contributed by atoms with Crippen LogP contribution in [0, 0.1) is 11.8 Å². The van der Waals surface area contributed by atoms with Crippen LogP contribution in [0.2, 0.25) is 0 Å². The minimum absolute atomic E-state index is 0.0380. The highest BCUT2D eigenvalue weighted by molar-refractivity contribution is 5.81. The largest absolute Gasteiger partial charge is 0.497 e. The van der Waals surface area contributed by atoms with Crippen molar-refractivity contribution in [1.82, 2.24) is 19.5 Å². The van der Waals surface area contributed by atoms with Crippen molar-refractivity contribution in [3.63, 3.8) is 0 Å². The average Bonchev–Trinajstić information content (AvgIpc) is 3.44. The Balaban J connectivity index is 1.48. The van der Waals surface area contributed by atoms with Gasteiger partial charge in [0.15, 0.2) is 11.5 Å². The number of hydrogen-bond acceptors (Lipinski definition) is 7. The molecular weight excluding hydrogens is 514 g/mol. The van der Waals surface area contributed by atoms with E-state index in [-0.39, 0.29) is 30.6 Å². The Labute approximate surface area is 239 Å². The van der Waals surface area contributed by atoms with Gasteiger partial charge in [0.2, 0.25) is 0 Å². The first-order valence-corrected chi connectivity index (χ1v) is 13.7. The molecule has 5 aromatic rings. The van der Waals surface area contributed by atoms with Crippen LogP contribution in [0.15, 0.2) is 110 Å². The number of aliphatic hydroxyl groups excluding tert-OH is 1. The maximum Gasteiger partial charge on any atom is 0.165 e. The minimum atomic E-state index is -0.945. The number of nitrogens with zero attached hydrogens (tertiary/aromatic N) is 4. The number of rotatable bonds is 9. The molecule has 0 amide bonds. The van der Waals surface area contributed by atoms with Gasteiger partial charge in [-0.15, -0.1) is 0 Å². The fourth-order valence-electron chi connectivity index (χ4n) is 6.31. The average molecular weight is 548 g/mol. The number of aliphatic hydroxyl groups is 1. The molecule has 0 spiro atoms. The molecule has 3 N–H and O–H groups in total. The van der Waals surface area contributed by atoms with Crippen molar-refractivity contribution >= 4 is 17.0 Å². The molecule has 8 heteroatoms. The van der Waals surface area contributed by atoms with Crippen LogP contribution in [0.3, 0.4) is 0 Å². The summed E-state index contributed by atoms with van der Waals surface area (Å²) in [5.41, 5.74) is 10.2. The van der Waals surface area contributed by atoms with E-state index in [0.717, 1.165) is 28.0 Å².